The number of carbonyl (C=O) groups is 1. The molecule has 2 aromatic rings. The number of carboxylic acid groups (broad SMARTS) is 1. The van der Waals surface area contributed by atoms with Gasteiger partial charge in [0, 0.05) is 44.2 Å². The minimum atomic E-state index is -0.898. The van der Waals surface area contributed by atoms with Crippen LogP contribution in [-0.2, 0) is 13.0 Å². The van der Waals surface area contributed by atoms with Gasteiger partial charge in [-0.05, 0) is 12.5 Å². The first-order valence-corrected chi connectivity index (χ1v) is 9.35. The lowest BCUT2D eigenvalue weighted by atomic mass is 10.0. The van der Waals surface area contributed by atoms with Crippen LogP contribution in [0.25, 0.3) is 0 Å². The molecule has 2 aliphatic heterocycles. The molecule has 4 heterocycles. The van der Waals surface area contributed by atoms with Crippen molar-refractivity contribution in [2.24, 2.45) is 0 Å². The van der Waals surface area contributed by atoms with Crippen molar-refractivity contribution in [3.8, 4) is 11.9 Å². The average Bonchev–Trinajstić information content (AvgIpc) is 3.22. The number of hydrogen-bond donors (Lipinski definition) is 2. The molecule has 0 bridgehead atoms. The quantitative estimate of drug-likeness (QED) is 0.791. The Morgan fingerprint density at radius 3 is 2.97 bits per heavy atom. The smallest absolute Gasteiger partial charge is 0.407 e. The van der Waals surface area contributed by atoms with Gasteiger partial charge in [0.15, 0.2) is 0 Å². The summed E-state index contributed by atoms with van der Waals surface area (Å²) in [7, 11) is 1.49. The molecule has 150 valence electrons. The summed E-state index contributed by atoms with van der Waals surface area (Å²) in [6.07, 6.45) is 3.83. The zero-order valence-electron chi connectivity index (χ0n) is 16.0. The first-order valence-electron chi connectivity index (χ1n) is 9.35. The Kier molecular flexibility index (Phi) is 5.03. The van der Waals surface area contributed by atoms with Gasteiger partial charge in [-0.3, -0.25) is 0 Å². The van der Waals surface area contributed by atoms with Gasteiger partial charge < -0.3 is 25.0 Å². The molecular weight excluding hydrogens is 374 g/mol. The fourth-order valence-electron chi connectivity index (χ4n) is 3.79. The van der Waals surface area contributed by atoms with E-state index in [1.54, 1.807) is 18.6 Å². The molecule has 1 saturated heterocycles. The van der Waals surface area contributed by atoms with Crippen molar-refractivity contribution in [1.29, 1.82) is 5.26 Å². The number of nitrogens with zero attached hydrogens (tertiary/aromatic N) is 6. The summed E-state index contributed by atoms with van der Waals surface area (Å²) in [4.78, 5) is 27.8. The zero-order valence-corrected chi connectivity index (χ0v) is 16.0. The third-order valence-corrected chi connectivity index (χ3v) is 5.32. The molecule has 2 aromatic heterocycles. The summed E-state index contributed by atoms with van der Waals surface area (Å²) in [6, 6.07) is 3.91. The van der Waals surface area contributed by atoms with Crippen molar-refractivity contribution < 1.29 is 14.6 Å². The highest BCUT2D eigenvalue weighted by molar-refractivity contribution is 5.65. The maximum absolute atomic E-state index is 11.2. The summed E-state index contributed by atoms with van der Waals surface area (Å²) >= 11 is 0. The van der Waals surface area contributed by atoms with Gasteiger partial charge in [-0.1, -0.05) is 0 Å². The van der Waals surface area contributed by atoms with Gasteiger partial charge in [0.1, 0.15) is 23.8 Å². The summed E-state index contributed by atoms with van der Waals surface area (Å²) < 4.78 is 5.13. The molecule has 10 nitrogen and oxygen atoms in total. The molecule has 0 unspecified atom stereocenters. The van der Waals surface area contributed by atoms with Crippen molar-refractivity contribution in [3.63, 3.8) is 0 Å². The number of fused-ring (bicyclic) bond motifs is 1. The van der Waals surface area contributed by atoms with E-state index in [1.165, 1.54) is 12.0 Å². The molecule has 0 saturated carbocycles. The molecule has 1 fully saturated rings. The third-order valence-electron chi connectivity index (χ3n) is 5.32. The number of nitriles is 1. The minimum absolute atomic E-state index is 0.0216. The Morgan fingerprint density at radius 1 is 1.38 bits per heavy atom. The molecule has 2 N–H and O–H groups in total. The van der Waals surface area contributed by atoms with Crippen LogP contribution in [0.1, 0.15) is 23.2 Å². The Balaban J connectivity index is 1.55. The van der Waals surface area contributed by atoms with Crippen LogP contribution in [0.2, 0.25) is 0 Å². The second kappa shape index (κ2) is 7.79. The first kappa shape index (κ1) is 18.7. The Labute approximate surface area is 167 Å². The van der Waals surface area contributed by atoms with E-state index in [1.807, 2.05) is 0 Å². The number of nitrogens with one attached hydrogen (secondary N) is 1. The van der Waals surface area contributed by atoms with Crippen LogP contribution in [-0.4, -0.2) is 63.8 Å². The van der Waals surface area contributed by atoms with Gasteiger partial charge >= 0.3 is 6.09 Å². The van der Waals surface area contributed by atoms with Crippen molar-refractivity contribution in [2.45, 2.75) is 25.4 Å². The second-order valence-electron chi connectivity index (χ2n) is 7.04. The minimum Gasteiger partial charge on any atom is -0.480 e. The molecule has 0 aromatic carbocycles. The van der Waals surface area contributed by atoms with Crippen LogP contribution < -0.4 is 15.0 Å². The van der Waals surface area contributed by atoms with Crippen LogP contribution in [0.3, 0.4) is 0 Å². The van der Waals surface area contributed by atoms with Crippen molar-refractivity contribution in [3.05, 3.63) is 35.4 Å². The van der Waals surface area contributed by atoms with Crippen molar-refractivity contribution in [2.75, 3.05) is 37.0 Å². The Hall–Kier alpha value is -3.61. The van der Waals surface area contributed by atoms with Gasteiger partial charge in [-0.2, -0.15) is 5.26 Å². The lowest BCUT2D eigenvalue weighted by Crippen LogP contribution is -2.34. The number of hydrogen-bond acceptors (Lipinski definition) is 8. The van der Waals surface area contributed by atoms with E-state index in [4.69, 9.17) is 9.84 Å². The van der Waals surface area contributed by atoms with Gasteiger partial charge in [0.05, 0.1) is 24.7 Å². The number of anilines is 2. The standard InChI is InChI=1S/C19H21N7O3/c1-29-18-12(7-20)6-14(8-21-18)25-5-3-16-15(10-25)17(23-11-22-16)24-13-2-4-26(9-13)19(27)28/h6,8,11,13H,2-5,9-10H2,1H3,(H,27,28)(H,22,23,24)/t13-/m0/s1. The number of amides is 1. The third kappa shape index (κ3) is 3.71. The highest BCUT2D eigenvalue weighted by atomic mass is 16.5. The maximum Gasteiger partial charge on any atom is 0.407 e. The lowest BCUT2D eigenvalue weighted by molar-refractivity contribution is 0.155. The number of methoxy groups -OCH3 is 1. The Bertz CT molecular complexity index is 975. The predicted octanol–water partition coefficient (Wildman–Crippen LogP) is 1.48. The van der Waals surface area contributed by atoms with Gasteiger partial charge in [-0.25, -0.2) is 19.7 Å². The van der Waals surface area contributed by atoms with Crippen LogP contribution >= 0.6 is 0 Å². The van der Waals surface area contributed by atoms with E-state index in [2.05, 4.69) is 31.2 Å². The van der Waals surface area contributed by atoms with E-state index in [-0.39, 0.29) is 6.04 Å². The van der Waals surface area contributed by atoms with E-state index >= 15 is 0 Å². The average molecular weight is 395 g/mol. The number of ether oxygens (including phenoxy) is 1. The molecule has 1 atom stereocenters. The predicted molar refractivity (Wildman–Crippen MR) is 104 cm³/mol. The topological polar surface area (TPSA) is 128 Å². The molecule has 0 aliphatic carbocycles. The molecular formula is C19H21N7O3. The number of likely N-dealkylation sites (tertiary alicyclic amines) is 1. The number of rotatable bonds is 4. The highest BCUT2D eigenvalue weighted by Crippen LogP contribution is 2.29. The summed E-state index contributed by atoms with van der Waals surface area (Å²) in [5.74, 6) is 1.04. The lowest BCUT2D eigenvalue weighted by Gasteiger charge is -2.31. The highest BCUT2D eigenvalue weighted by Gasteiger charge is 2.28. The summed E-state index contributed by atoms with van der Waals surface area (Å²) in [5.41, 5.74) is 3.19. The van der Waals surface area contributed by atoms with E-state index in [9.17, 15) is 10.1 Å². The van der Waals surface area contributed by atoms with Crippen LogP contribution in [0.4, 0.5) is 16.3 Å². The fourth-order valence-corrected chi connectivity index (χ4v) is 3.79. The van der Waals surface area contributed by atoms with Crippen molar-refractivity contribution in [1.82, 2.24) is 19.9 Å². The van der Waals surface area contributed by atoms with Gasteiger partial charge in [0.25, 0.3) is 0 Å². The van der Waals surface area contributed by atoms with Crippen molar-refractivity contribution >= 4 is 17.6 Å². The fraction of sp³-hybridized carbons (Fsp3) is 0.421. The number of pyridine rings is 1. The largest absolute Gasteiger partial charge is 0.480 e. The molecule has 1 amide bonds. The summed E-state index contributed by atoms with van der Waals surface area (Å²) in [5, 5.41) is 21.9. The zero-order chi connectivity index (χ0) is 20.4. The molecule has 29 heavy (non-hydrogen) atoms. The number of aromatic nitrogens is 3. The van der Waals surface area contributed by atoms with E-state index < -0.39 is 6.09 Å². The molecule has 4 rings (SSSR count). The first-order chi connectivity index (χ1) is 14.1. The summed E-state index contributed by atoms with van der Waals surface area (Å²) in [6.45, 7) is 2.28. The molecule has 0 spiro atoms. The SMILES string of the molecule is COc1ncc(N2CCc3ncnc(N[C@H]4CCN(C(=O)O)C4)c3C2)cc1C#N. The van der Waals surface area contributed by atoms with Gasteiger partial charge in [0.2, 0.25) is 5.88 Å². The molecule has 0 radical (unpaired) electrons. The normalized spacial score (nSPS) is 18.1. The Morgan fingerprint density at radius 2 is 2.24 bits per heavy atom. The monoisotopic (exact) mass is 395 g/mol. The van der Waals surface area contributed by atoms with E-state index in [0.717, 1.165) is 42.1 Å². The van der Waals surface area contributed by atoms with Crippen LogP contribution in [0, 0.1) is 11.3 Å². The van der Waals surface area contributed by atoms with E-state index in [0.29, 0.717) is 31.1 Å². The van der Waals surface area contributed by atoms with Crippen LogP contribution in [0.5, 0.6) is 5.88 Å². The second-order valence-corrected chi connectivity index (χ2v) is 7.04. The molecule has 10 heteroatoms. The molecule has 2 aliphatic rings. The maximum atomic E-state index is 11.2. The van der Waals surface area contributed by atoms with Gasteiger partial charge in [-0.15, -0.1) is 0 Å². The van der Waals surface area contributed by atoms with Crippen LogP contribution in [0.15, 0.2) is 18.6 Å².